The largest absolute Gasteiger partial charge is 0.391 e. The van der Waals surface area contributed by atoms with Gasteiger partial charge >= 0.3 is 0 Å². The number of aliphatic hydroxyl groups is 1. The molecule has 0 spiro atoms. The number of nitro groups is 1. The molecular weight excluding hydrogens is 263 g/mol. The van der Waals surface area contributed by atoms with Crippen molar-refractivity contribution in [2.45, 2.75) is 20.0 Å². The van der Waals surface area contributed by atoms with Gasteiger partial charge in [0.1, 0.15) is 11.5 Å². The molecule has 7 heteroatoms. The smallest absolute Gasteiger partial charge is 0.294 e. The Balaban J connectivity index is 2.93. The molecule has 0 saturated carbocycles. The van der Waals surface area contributed by atoms with E-state index in [9.17, 15) is 19.6 Å². The average molecular weight is 277 g/mol. The van der Waals surface area contributed by atoms with Crippen molar-refractivity contribution < 1.29 is 14.4 Å². The molecule has 0 bridgehead atoms. The predicted octanol–water partition coefficient (Wildman–Crippen LogP) is 2.82. The average Bonchev–Trinajstić information content (AvgIpc) is 2.29. The molecule has 0 aliphatic carbocycles. The van der Waals surface area contributed by atoms with Crippen molar-refractivity contribution in [3.05, 3.63) is 33.1 Å². The summed E-state index contributed by atoms with van der Waals surface area (Å²) in [5, 5.41) is 22.7. The normalized spacial score (nSPS) is 12.6. The Morgan fingerprint density at radius 1 is 1.56 bits per heavy atom. The van der Waals surface area contributed by atoms with Gasteiger partial charge in [0.25, 0.3) is 5.69 Å². The van der Waals surface area contributed by atoms with E-state index in [4.69, 9.17) is 11.6 Å². The Morgan fingerprint density at radius 3 is 2.67 bits per heavy atom. The van der Waals surface area contributed by atoms with Gasteiger partial charge in [0.05, 0.1) is 16.0 Å². The van der Waals surface area contributed by atoms with Gasteiger partial charge in [-0.05, 0) is 5.92 Å². The molecule has 1 rings (SSSR count). The number of aliphatic hydroxyl groups excluding tert-OH is 1. The molecule has 18 heavy (non-hydrogen) atoms. The number of halogens is 2. The van der Waals surface area contributed by atoms with Crippen LogP contribution in [0.2, 0.25) is 5.02 Å². The Morgan fingerprint density at radius 2 is 2.17 bits per heavy atom. The van der Waals surface area contributed by atoms with Crippen molar-refractivity contribution in [3.63, 3.8) is 0 Å². The van der Waals surface area contributed by atoms with Crippen LogP contribution in [0.4, 0.5) is 15.8 Å². The van der Waals surface area contributed by atoms with Gasteiger partial charge < -0.3 is 10.4 Å². The van der Waals surface area contributed by atoms with E-state index in [2.05, 4.69) is 5.32 Å². The molecule has 0 aromatic heterocycles. The number of rotatable bonds is 5. The minimum atomic E-state index is -0.746. The maximum absolute atomic E-state index is 13.2. The highest BCUT2D eigenvalue weighted by Crippen LogP contribution is 2.30. The van der Waals surface area contributed by atoms with Crippen LogP contribution in [0.15, 0.2) is 12.1 Å². The van der Waals surface area contributed by atoms with E-state index in [-0.39, 0.29) is 28.9 Å². The first-order chi connectivity index (χ1) is 8.32. The van der Waals surface area contributed by atoms with Crippen molar-refractivity contribution in [2.75, 3.05) is 11.9 Å². The molecule has 0 aliphatic heterocycles. The standard InChI is InChI=1S/C11H14ClFN2O3/c1-6(2)11(16)5-14-9-4-8(13)7(12)3-10(9)15(17)18/h3-4,6,11,14,16H,5H2,1-2H3. The second-order valence-corrected chi connectivity index (χ2v) is 4.64. The topological polar surface area (TPSA) is 75.4 Å². The Labute approximate surface area is 109 Å². The third kappa shape index (κ3) is 3.54. The zero-order valence-corrected chi connectivity index (χ0v) is 10.7. The molecule has 0 heterocycles. The van der Waals surface area contributed by atoms with Crippen LogP contribution in [-0.2, 0) is 0 Å². The van der Waals surface area contributed by atoms with Crippen LogP contribution in [0.5, 0.6) is 0 Å². The number of hydrogen-bond donors (Lipinski definition) is 2. The summed E-state index contributed by atoms with van der Waals surface area (Å²) in [6.45, 7) is 3.71. The van der Waals surface area contributed by atoms with Crippen LogP contribution in [0.25, 0.3) is 0 Å². The van der Waals surface area contributed by atoms with Crippen molar-refractivity contribution in [1.29, 1.82) is 0 Å². The first kappa shape index (κ1) is 14.7. The lowest BCUT2D eigenvalue weighted by Crippen LogP contribution is -2.25. The maximum Gasteiger partial charge on any atom is 0.294 e. The fourth-order valence-electron chi connectivity index (χ4n) is 1.28. The van der Waals surface area contributed by atoms with E-state index in [1.165, 1.54) is 0 Å². The molecule has 100 valence electrons. The molecule has 0 saturated heterocycles. The molecule has 0 radical (unpaired) electrons. The van der Waals surface area contributed by atoms with E-state index in [0.717, 1.165) is 12.1 Å². The summed E-state index contributed by atoms with van der Waals surface area (Å²) >= 11 is 5.49. The molecule has 1 aromatic rings. The number of anilines is 1. The van der Waals surface area contributed by atoms with E-state index < -0.39 is 16.8 Å². The third-order valence-electron chi connectivity index (χ3n) is 2.51. The van der Waals surface area contributed by atoms with Gasteiger partial charge in [-0.25, -0.2) is 4.39 Å². The van der Waals surface area contributed by atoms with Crippen molar-refractivity contribution in [2.24, 2.45) is 5.92 Å². The Hall–Kier alpha value is -1.40. The summed E-state index contributed by atoms with van der Waals surface area (Å²) in [5.74, 6) is -0.752. The quantitative estimate of drug-likeness (QED) is 0.640. The van der Waals surface area contributed by atoms with Gasteiger partial charge in [-0.15, -0.1) is 0 Å². The number of nitrogens with zero attached hydrogens (tertiary/aromatic N) is 1. The van der Waals surface area contributed by atoms with E-state index in [1.807, 2.05) is 13.8 Å². The fraction of sp³-hybridized carbons (Fsp3) is 0.455. The summed E-state index contributed by atoms with van der Waals surface area (Å²) in [7, 11) is 0. The summed E-state index contributed by atoms with van der Waals surface area (Å²) in [5.41, 5.74) is -0.320. The molecule has 1 atom stereocenters. The van der Waals surface area contributed by atoms with Crippen LogP contribution in [0.1, 0.15) is 13.8 Å². The maximum atomic E-state index is 13.2. The van der Waals surface area contributed by atoms with Crippen LogP contribution in [0.3, 0.4) is 0 Å². The summed E-state index contributed by atoms with van der Waals surface area (Å²) in [6, 6.07) is 1.90. The number of nitro benzene ring substituents is 1. The lowest BCUT2D eigenvalue weighted by molar-refractivity contribution is -0.384. The lowest BCUT2D eigenvalue weighted by Gasteiger charge is -2.16. The Kier molecular flexibility index (Phi) is 4.86. The minimum absolute atomic E-state index is 0.00148. The van der Waals surface area contributed by atoms with Crippen LogP contribution < -0.4 is 5.32 Å². The summed E-state index contributed by atoms with van der Waals surface area (Å²) in [6.07, 6.45) is -0.677. The molecular formula is C11H14ClFN2O3. The van der Waals surface area contributed by atoms with Gasteiger partial charge in [0.2, 0.25) is 0 Å². The molecule has 1 unspecified atom stereocenters. The minimum Gasteiger partial charge on any atom is -0.391 e. The highest BCUT2D eigenvalue weighted by atomic mass is 35.5. The first-order valence-electron chi connectivity index (χ1n) is 5.38. The number of nitrogens with one attached hydrogen (secondary N) is 1. The van der Waals surface area contributed by atoms with Crippen LogP contribution in [0, 0.1) is 21.8 Å². The summed E-state index contributed by atoms with van der Waals surface area (Å²) < 4.78 is 13.2. The SMILES string of the molecule is CC(C)C(O)CNc1cc(F)c(Cl)cc1[N+](=O)[O-]. The molecule has 2 N–H and O–H groups in total. The van der Waals surface area contributed by atoms with Crippen molar-refractivity contribution >= 4 is 23.0 Å². The number of benzene rings is 1. The predicted molar refractivity (Wildman–Crippen MR) is 67.4 cm³/mol. The van der Waals surface area contributed by atoms with E-state index >= 15 is 0 Å². The second kappa shape index (κ2) is 5.97. The fourth-order valence-corrected chi connectivity index (χ4v) is 1.44. The molecule has 5 nitrogen and oxygen atoms in total. The van der Waals surface area contributed by atoms with Gasteiger partial charge in [-0.1, -0.05) is 25.4 Å². The third-order valence-corrected chi connectivity index (χ3v) is 2.80. The van der Waals surface area contributed by atoms with E-state index in [0.29, 0.717) is 0 Å². The lowest BCUT2D eigenvalue weighted by atomic mass is 10.1. The van der Waals surface area contributed by atoms with Gasteiger partial charge in [0.15, 0.2) is 0 Å². The highest BCUT2D eigenvalue weighted by molar-refractivity contribution is 6.31. The van der Waals surface area contributed by atoms with Gasteiger partial charge in [0, 0.05) is 18.7 Å². The van der Waals surface area contributed by atoms with E-state index in [1.54, 1.807) is 0 Å². The number of hydrogen-bond acceptors (Lipinski definition) is 4. The second-order valence-electron chi connectivity index (χ2n) is 4.23. The zero-order chi connectivity index (χ0) is 13.9. The zero-order valence-electron chi connectivity index (χ0n) is 9.98. The van der Waals surface area contributed by atoms with Crippen molar-refractivity contribution in [1.82, 2.24) is 0 Å². The van der Waals surface area contributed by atoms with Crippen LogP contribution >= 0.6 is 11.6 Å². The summed E-state index contributed by atoms with van der Waals surface area (Å²) in [4.78, 5) is 10.1. The van der Waals surface area contributed by atoms with Gasteiger partial charge in [-0.2, -0.15) is 0 Å². The van der Waals surface area contributed by atoms with Crippen LogP contribution in [-0.4, -0.2) is 22.7 Å². The van der Waals surface area contributed by atoms with Crippen molar-refractivity contribution in [3.8, 4) is 0 Å². The highest BCUT2D eigenvalue weighted by Gasteiger charge is 2.19. The molecule has 0 fully saturated rings. The molecule has 0 amide bonds. The molecule has 0 aliphatic rings. The molecule has 1 aromatic carbocycles. The first-order valence-corrected chi connectivity index (χ1v) is 5.76. The van der Waals surface area contributed by atoms with Gasteiger partial charge in [-0.3, -0.25) is 10.1 Å². The Bertz CT molecular complexity index is 454. The monoisotopic (exact) mass is 276 g/mol.